The molecule has 1 atom stereocenters. The number of carbonyl (C=O) groups is 1. The lowest BCUT2D eigenvalue weighted by atomic mass is 10.1. The van der Waals surface area contributed by atoms with Crippen LogP contribution in [0.5, 0.6) is 0 Å². The minimum atomic E-state index is -0.463. The van der Waals surface area contributed by atoms with Crippen molar-refractivity contribution in [3.8, 4) is 0 Å². The number of hydrogen-bond acceptors (Lipinski definition) is 3. The van der Waals surface area contributed by atoms with E-state index < -0.39 is 5.60 Å². The third-order valence-corrected chi connectivity index (χ3v) is 3.14. The minimum Gasteiger partial charge on any atom is -0.444 e. The summed E-state index contributed by atoms with van der Waals surface area (Å²) >= 11 is 0. The maximum Gasteiger partial charge on any atom is 0.407 e. The third kappa shape index (κ3) is 7.91. The quantitative estimate of drug-likeness (QED) is 0.787. The van der Waals surface area contributed by atoms with Crippen LogP contribution >= 0.6 is 0 Å². The van der Waals surface area contributed by atoms with Gasteiger partial charge in [0, 0.05) is 18.3 Å². The summed E-state index contributed by atoms with van der Waals surface area (Å²) < 4.78 is 5.21. The van der Waals surface area contributed by atoms with Crippen LogP contribution in [0.25, 0.3) is 0 Å². The molecule has 0 spiro atoms. The van der Waals surface area contributed by atoms with Crippen LogP contribution in [0.15, 0.2) is 24.3 Å². The predicted molar refractivity (Wildman–Crippen MR) is 92.4 cm³/mol. The lowest BCUT2D eigenvalue weighted by Gasteiger charge is -2.21. The average Bonchev–Trinajstić information content (AvgIpc) is 2.43. The van der Waals surface area contributed by atoms with Crippen LogP contribution < -0.4 is 10.6 Å². The van der Waals surface area contributed by atoms with E-state index in [0.717, 1.165) is 12.1 Å². The van der Waals surface area contributed by atoms with Crippen LogP contribution in [0.4, 0.5) is 10.5 Å². The van der Waals surface area contributed by atoms with E-state index in [2.05, 4.69) is 41.8 Å². The molecule has 0 aromatic heterocycles. The Kier molecular flexibility index (Phi) is 7.22. The molecule has 1 aromatic rings. The molecule has 0 radical (unpaired) electrons. The number of unbranched alkanes of at least 4 members (excludes halogenated alkanes) is 1. The van der Waals surface area contributed by atoms with Crippen molar-refractivity contribution in [3.05, 3.63) is 29.8 Å². The van der Waals surface area contributed by atoms with Gasteiger partial charge in [-0.3, -0.25) is 0 Å². The Morgan fingerprint density at radius 1 is 1.23 bits per heavy atom. The molecule has 0 saturated carbocycles. The van der Waals surface area contributed by atoms with Gasteiger partial charge in [0.1, 0.15) is 5.60 Å². The Balaban J connectivity index is 2.35. The Hall–Kier alpha value is -1.71. The van der Waals surface area contributed by atoms with E-state index in [9.17, 15) is 4.79 Å². The van der Waals surface area contributed by atoms with Crippen molar-refractivity contribution in [1.29, 1.82) is 0 Å². The van der Waals surface area contributed by atoms with Crippen molar-refractivity contribution in [1.82, 2.24) is 5.32 Å². The zero-order valence-electron chi connectivity index (χ0n) is 14.5. The standard InChI is InChI=1S/C18H30N2O2/c1-6-7-8-15-9-11-16(12-10-15)20-14(2)13-19-17(21)22-18(3,4)5/h9-12,14,20H,6-8,13H2,1-5H3,(H,19,21). The largest absolute Gasteiger partial charge is 0.444 e. The highest BCUT2D eigenvalue weighted by Gasteiger charge is 2.16. The fourth-order valence-electron chi connectivity index (χ4n) is 2.03. The average molecular weight is 306 g/mol. The molecule has 0 saturated heterocycles. The molecular weight excluding hydrogens is 276 g/mol. The van der Waals surface area contributed by atoms with Crippen molar-refractivity contribution >= 4 is 11.8 Å². The number of alkyl carbamates (subject to hydrolysis) is 1. The number of benzene rings is 1. The molecule has 0 heterocycles. The number of aryl methyl sites for hydroxylation is 1. The smallest absolute Gasteiger partial charge is 0.407 e. The summed E-state index contributed by atoms with van der Waals surface area (Å²) in [7, 11) is 0. The fraction of sp³-hybridized carbons (Fsp3) is 0.611. The number of nitrogens with one attached hydrogen (secondary N) is 2. The number of anilines is 1. The molecular formula is C18H30N2O2. The topological polar surface area (TPSA) is 50.4 Å². The first kappa shape index (κ1) is 18.3. The van der Waals surface area contributed by atoms with Gasteiger partial charge < -0.3 is 15.4 Å². The number of hydrogen-bond donors (Lipinski definition) is 2. The molecule has 1 amide bonds. The predicted octanol–water partition coefficient (Wildman–Crippen LogP) is 4.35. The summed E-state index contributed by atoms with van der Waals surface area (Å²) in [5, 5.41) is 6.15. The first-order valence-electron chi connectivity index (χ1n) is 8.12. The zero-order valence-corrected chi connectivity index (χ0v) is 14.5. The van der Waals surface area contributed by atoms with Crippen molar-refractivity contribution < 1.29 is 9.53 Å². The number of ether oxygens (including phenoxy) is 1. The van der Waals surface area contributed by atoms with Crippen molar-refractivity contribution in [3.63, 3.8) is 0 Å². The third-order valence-electron chi connectivity index (χ3n) is 3.14. The molecule has 0 aliphatic carbocycles. The van der Waals surface area contributed by atoms with E-state index in [1.807, 2.05) is 27.7 Å². The first-order valence-corrected chi connectivity index (χ1v) is 8.12. The van der Waals surface area contributed by atoms with E-state index >= 15 is 0 Å². The van der Waals surface area contributed by atoms with E-state index in [1.54, 1.807) is 0 Å². The van der Waals surface area contributed by atoms with Crippen molar-refractivity contribution in [2.45, 2.75) is 65.5 Å². The SMILES string of the molecule is CCCCc1ccc(NC(C)CNC(=O)OC(C)(C)C)cc1. The first-order chi connectivity index (χ1) is 10.3. The van der Waals surface area contributed by atoms with Crippen LogP contribution in [0, 0.1) is 0 Å². The molecule has 1 unspecified atom stereocenters. The van der Waals surface area contributed by atoms with Crippen LogP contribution in [0.1, 0.15) is 53.0 Å². The number of amides is 1. The summed E-state index contributed by atoms with van der Waals surface area (Å²) in [5.41, 5.74) is 1.97. The van der Waals surface area contributed by atoms with E-state index in [0.29, 0.717) is 6.54 Å². The lowest BCUT2D eigenvalue weighted by Crippen LogP contribution is -2.38. The Bertz CT molecular complexity index is 449. The maximum absolute atomic E-state index is 11.6. The van der Waals surface area contributed by atoms with Gasteiger partial charge in [-0.2, -0.15) is 0 Å². The Morgan fingerprint density at radius 2 is 1.86 bits per heavy atom. The molecule has 1 aromatic carbocycles. The molecule has 2 N–H and O–H groups in total. The number of carbonyl (C=O) groups excluding carboxylic acids is 1. The van der Waals surface area contributed by atoms with E-state index in [-0.39, 0.29) is 12.1 Å². The van der Waals surface area contributed by atoms with Gasteiger partial charge in [-0.25, -0.2) is 4.79 Å². The summed E-state index contributed by atoms with van der Waals surface area (Å²) in [5.74, 6) is 0. The second-order valence-electron chi connectivity index (χ2n) is 6.73. The summed E-state index contributed by atoms with van der Waals surface area (Å²) in [6.07, 6.45) is 3.19. The molecule has 22 heavy (non-hydrogen) atoms. The molecule has 0 bridgehead atoms. The van der Waals surface area contributed by atoms with Crippen LogP contribution in [0.2, 0.25) is 0 Å². The fourth-order valence-corrected chi connectivity index (χ4v) is 2.03. The van der Waals surface area contributed by atoms with Gasteiger partial charge in [-0.15, -0.1) is 0 Å². The normalized spacial score (nSPS) is 12.6. The second kappa shape index (κ2) is 8.66. The summed E-state index contributed by atoms with van der Waals surface area (Å²) in [6, 6.07) is 8.64. The van der Waals surface area contributed by atoms with E-state index in [4.69, 9.17) is 4.74 Å². The lowest BCUT2D eigenvalue weighted by molar-refractivity contribution is 0.0526. The Labute approximate surface area is 134 Å². The van der Waals surface area contributed by atoms with E-state index in [1.165, 1.54) is 18.4 Å². The van der Waals surface area contributed by atoms with Crippen molar-refractivity contribution in [2.24, 2.45) is 0 Å². The van der Waals surface area contributed by atoms with Gasteiger partial charge in [0.25, 0.3) is 0 Å². The highest BCUT2D eigenvalue weighted by Crippen LogP contribution is 2.13. The highest BCUT2D eigenvalue weighted by atomic mass is 16.6. The second-order valence-corrected chi connectivity index (χ2v) is 6.73. The van der Waals surface area contributed by atoms with Gasteiger partial charge >= 0.3 is 6.09 Å². The van der Waals surface area contributed by atoms with Gasteiger partial charge in [0.2, 0.25) is 0 Å². The summed E-state index contributed by atoms with van der Waals surface area (Å²) in [4.78, 5) is 11.6. The molecule has 0 fully saturated rings. The highest BCUT2D eigenvalue weighted by molar-refractivity contribution is 5.67. The maximum atomic E-state index is 11.6. The van der Waals surface area contributed by atoms with Crippen LogP contribution in [0.3, 0.4) is 0 Å². The molecule has 4 heteroatoms. The Morgan fingerprint density at radius 3 is 2.41 bits per heavy atom. The molecule has 4 nitrogen and oxygen atoms in total. The molecule has 1 rings (SSSR count). The van der Waals surface area contributed by atoms with Gasteiger partial charge in [0.05, 0.1) is 0 Å². The molecule has 0 aliphatic rings. The van der Waals surface area contributed by atoms with Gasteiger partial charge in [0.15, 0.2) is 0 Å². The van der Waals surface area contributed by atoms with Gasteiger partial charge in [-0.1, -0.05) is 25.5 Å². The summed E-state index contributed by atoms with van der Waals surface area (Å²) in [6.45, 7) is 10.3. The monoisotopic (exact) mass is 306 g/mol. The molecule has 124 valence electrons. The van der Waals surface area contributed by atoms with Crippen LogP contribution in [-0.2, 0) is 11.2 Å². The zero-order chi connectivity index (χ0) is 16.6. The molecule has 0 aliphatic heterocycles. The van der Waals surface area contributed by atoms with Crippen molar-refractivity contribution in [2.75, 3.05) is 11.9 Å². The number of rotatable bonds is 7. The minimum absolute atomic E-state index is 0.133. The van der Waals surface area contributed by atoms with Crippen LogP contribution in [-0.4, -0.2) is 24.3 Å². The van der Waals surface area contributed by atoms with Gasteiger partial charge in [-0.05, 0) is 58.2 Å².